The van der Waals surface area contributed by atoms with Gasteiger partial charge in [-0.2, -0.15) is 0 Å². The van der Waals surface area contributed by atoms with Crippen LogP contribution in [0.3, 0.4) is 0 Å². The molecule has 0 N–H and O–H groups in total. The fourth-order valence-electron chi connectivity index (χ4n) is 3.54. The Kier molecular flexibility index (Phi) is 4.28. The van der Waals surface area contributed by atoms with E-state index >= 15 is 0 Å². The van der Waals surface area contributed by atoms with E-state index in [1.54, 1.807) is 18.1 Å². The van der Waals surface area contributed by atoms with Gasteiger partial charge in [0, 0.05) is 23.4 Å². The normalized spacial score (nSPS) is 20.9. The quantitative estimate of drug-likeness (QED) is 0.629. The van der Waals surface area contributed by atoms with Crippen LogP contribution in [-0.2, 0) is 17.6 Å². The largest absolute Gasteiger partial charge is 0.342 e. The van der Waals surface area contributed by atoms with E-state index in [0.717, 1.165) is 54.5 Å². The molecule has 2 aromatic rings. The van der Waals surface area contributed by atoms with Crippen molar-refractivity contribution in [2.75, 3.05) is 18.8 Å². The SMILES string of the molecule is CC1CCc2c(sc3ncnc(SCC(=O)N4CCCC4)c23)C1. The molecule has 4 nitrogen and oxygen atoms in total. The summed E-state index contributed by atoms with van der Waals surface area (Å²) in [5, 5.41) is 2.22. The van der Waals surface area contributed by atoms with Crippen molar-refractivity contribution in [2.45, 2.75) is 44.1 Å². The van der Waals surface area contributed by atoms with E-state index in [4.69, 9.17) is 0 Å². The summed E-state index contributed by atoms with van der Waals surface area (Å²) in [4.78, 5) is 25.8. The van der Waals surface area contributed by atoms with Crippen LogP contribution >= 0.6 is 23.1 Å². The Bertz CT molecular complexity index is 737. The molecule has 1 saturated heterocycles. The van der Waals surface area contributed by atoms with Gasteiger partial charge in [-0.1, -0.05) is 18.7 Å². The lowest BCUT2D eigenvalue weighted by Gasteiger charge is -2.18. The van der Waals surface area contributed by atoms with Crippen molar-refractivity contribution in [1.82, 2.24) is 14.9 Å². The van der Waals surface area contributed by atoms with Crippen molar-refractivity contribution in [3.63, 3.8) is 0 Å². The monoisotopic (exact) mass is 347 g/mol. The van der Waals surface area contributed by atoms with Gasteiger partial charge < -0.3 is 4.90 Å². The van der Waals surface area contributed by atoms with Gasteiger partial charge in [-0.15, -0.1) is 11.3 Å². The number of rotatable bonds is 3. The number of carbonyl (C=O) groups excluding carboxylic acids is 1. The average Bonchev–Trinajstić information content (AvgIpc) is 3.19. The maximum absolute atomic E-state index is 12.3. The summed E-state index contributed by atoms with van der Waals surface area (Å²) in [6.07, 6.45) is 7.46. The number of aryl methyl sites for hydroxylation is 1. The Morgan fingerprint density at radius 1 is 1.39 bits per heavy atom. The molecular formula is C17H21N3OS2. The van der Waals surface area contributed by atoms with Gasteiger partial charge in [0.1, 0.15) is 16.2 Å². The smallest absolute Gasteiger partial charge is 0.232 e. The number of carbonyl (C=O) groups is 1. The van der Waals surface area contributed by atoms with Crippen molar-refractivity contribution in [3.05, 3.63) is 16.8 Å². The fraction of sp³-hybridized carbons (Fsp3) is 0.588. The van der Waals surface area contributed by atoms with E-state index in [-0.39, 0.29) is 5.91 Å². The van der Waals surface area contributed by atoms with Gasteiger partial charge in [-0.25, -0.2) is 9.97 Å². The fourth-order valence-corrected chi connectivity index (χ4v) is 5.89. The Hall–Kier alpha value is -1.14. The lowest BCUT2D eigenvalue weighted by atomic mass is 9.89. The second kappa shape index (κ2) is 6.40. The molecule has 0 aromatic carbocycles. The molecule has 1 amide bonds. The van der Waals surface area contributed by atoms with E-state index in [2.05, 4.69) is 16.9 Å². The Labute approximate surface area is 144 Å². The summed E-state index contributed by atoms with van der Waals surface area (Å²) in [5.74, 6) is 1.50. The van der Waals surface area contributed by atoms with Crippen LogP contribution in [0.15, 0.2) is 11.4 Å². The Morgan fingerprint density at radius 2 is 2.22 bits per heavy atom. The first-order chi connectivity index (χ1) is 11.2. The summed E-state index contributed by atoms with van der Waals surface area (Å²) in [5.41, 5.74) is 1.44. The highest BCUT2D eigenvalue weighted by Gasteiger charge is 2.24. The number of likely N-dealkylation sites (tertiary alicyclic amines) is 1. The molecule has 1 aliphatic heterocycles. The summed E-state index contributed by atoms with van der Waals surface area (Å²) >= 11 is 3.40. The molecule has 1 fully saturated rings. The van der Waals surface area contributed by atoms with E-state index in [9.17, 15) is 4.79 Å². The molecule has 2 aromatic heterocycles. The summed E-state index contributed by atoms with van der Waals surface area (Å²) < 4.78 is 0. The van der Waals surface area contributed by atoms with Gasteiger partial charge in [0.15, 0.2) is 0 Å². The average molecular weight is 348 g/mol. The first-order valence-corrected chi connectivity index (χ1v) is 10.2. The van der Waals surface area contributed by atoms with Gasteiger partial charge >= 0.3 is 0 Å². The van der Waals surface area contributed by atoms with Gasteiger partial charge in [-0.3, -0.25) is 4.79 Å². The molecule has 1 aliphatic carbocycles. The van der Waals surface area contributed by atoms with Crippen LogP contribution < -0.4 is 0 Å². The maximum atomic E-state index is 12.3. The number of aromatic nitrogens is 2. The molecule has 0 spiro atoms. The first-order valence-electron chi connectivity index (χ1n) is 8.38. The van der Waals surface area contributed by atoms with Gasteiger partial charge in [0.2, 0.25) is 5.91 Å². The molecule has 0 radical (unpaired) electrons. The first kappa shape index (κ1) is 15.4. The molecule has 0 saturated carbocycles. The Balaban J connectivity index is 1.58. The standard InChI is InChI=1S/C17H21N3OS2/c1-11-4-5-12-13(8-11)23-17-15(12)16(18-10-19-17)22-9-14(21)20-6-2-3-7-20/h10-11H,2-9H2,1H3. The van der Waals surface area contributed by atoms with Crippen LogP contribution in [0.5, 0.6) is 0 Å². The van der Waals surface area contributed by atoms with Crippen LogP contribution in [0.1, 0.15) is 36.6 Å². The molecule has 1 atom stereocenters. The van der Waals surface area contributed by atoms with E-state index in [1.165, 1.54) is 22.2 Å². The molecule has 0 bridgehead atoms. The molecule has 4 rings (SSSR count). The lowest BCUT2D eigenvalue weighted by molar-refractivity contribution is -0.127. The number of hydrogen-bond donors (Lipinski definition) is 0. The molecule has 122 valence electrons. The van der Waals surface area contributed by atoms with Gasteiger partial charge in [0.05, 0.1) is 5.75 Å². The molecule has 6 heteroatoms. The highest BCUT2D eigenvalue weighted by molar-refractivity contribution is 8.00. The topological polar surface area (TPSA) is 46.1 Å². The van der Waals surface area contributed by atoms with Crippen molar-refractivity contribution < 1.29 is 4.79 Å². The number of nitrogens with zero attached hydrogens (tertiary/aromatic N) is 3. The third-order valence-corrected chi connectivity index (χ3v) is 6.98. The van der Waals surface area contributed by atoms with Gasteiger partial charge in [-0.05, 0) is 43.6 Å². The number of thiophene rings is 1. The number of hydrogen-bond acceptors (Lipinski definition) is 5. The molecule has 1 unspecified atom stereocenters. The van der Waals surface area contributed by atoms with Crippen LogP contribution in [-0.4, -0.2) is 39.6 Å². The van der Waals surface area contributed by atoms with Crippen LogP contribution in [0, 0.1) is 5.92 Å². The number of thioether (sulfide) groups is 1. The van der Waals surface area contributed by atoms with Crippen molar-refractivity contribution in [2.24, 2.45) is 5.92 Å². The minimum absolute atomic E-state index is 0.247. The zero-order valence-electron chi connectivity index (χ0n) is 13.4. The highest BCUT2D eigenvalue weighted by Crippen LogP contribution is 2.40. The van der Waals surface area contributed by atoms with Gasteiger partial charge in [0.25, 0.3) is 0 Å². The lowest BCUT2D eigenvalue weighted by Crippen LogP contribution is -2.29. The zero-order valence-corrected chi connectivity index (χ0v) is 15.0. The minimum atomic E-state index is 0.247. The predicted molar refractivity (Wildman–Crippen MR) is 95.1 cm³/mol. The predicted octanol–water partition coefficient (Wildman–Crippen LogP) is 3.53. The highest BCUT2D eigenvalue weighted by atomic mass is 32.2. The third kappa shape index (κ3) is 2.98. The van der Waals surface area contributed by atoms with E-state index in [0.29, 0.717) is 5.75 Å². The summed E-state index contributed by atoms with van der Waals surface area (Å²) in [7, 11) is 0. The third-order valence-electron chi connectivity index (χ3n) is 4.85. The Morgan fingerprint density at radius 3 is 3.04 bits per heavy atom. The van der Waals surface area contributed by atoms with Crippen LogP contribution in [0.4, 0.5) is 0 Å². The summed E-state index contributed by atoms with van der Waals surface area (Å²) in [6, 6.07) is 0. The summed E-state index contributed by atoms with van der Waals surface area (Å²) in [6.45, 7) is 4.16. The molecular weight excluding hydrogens is 326 g/mol. The maximum Gasteiger partial charge on any atom is 0.232 e. The van der Waals surface area contributed by atoms with Crippen molar-refractivity contribution >= 4 is 39.2 Å². The second-order valence-electron chi connectivity index (χ2n) is 6.59. The molecule has 23 heavy (non-hydrogen) atoms. The molecule has 3 heterocycles. The van der Waals surface area contributed by atoms with Crippen LogP contribution in [0.2, 0.25) is 0 Å². The van der Waals surface area contributed by atoms with E-state index < -0.39 is 0 Å². The van der Waals surface area contributed by atoms with Crippen LogP contribution in [0.25, 0.3) is 10.2 Å². The second-order valence-corrected chi connectivity index (χ2v) is 8.63. The number of amides is 1. The zero-order chi connectivity index (χ0) is 15.8. The van der Waals surface area contributed by atoms with E-state index in [1.807, 2.05) is 16.2 Å². The molecule has 2 aliphatic rings. The van der Waals surface area contributed by atoms with Crippen molar-refractivity contribution in [3.8, 4) is 0 Å². The number of fused-ring (bicyclic) bond motifs is 3. The minimum Gasteiger partial charge on any atom is -0.342 e. The van der Waals surface area contributed by atoms with Crippen molar-refractivity contribution in [1.29, 1.82) is 0 Å².